The van der Waals surface area contributed by atoms with E-state index in [1.807, 2.05) is 17.0 Å². The summed E-state index contributed by atoms with van der Waals surface area (Å²) >= 11 is 5.16. The van der Waals surface area contributed by atoms with Crippen molar-refractivity contribution < 1.29 is 19.1 Å². The van der Waals surface area contributed by atoms with Crippen molar-refractivity contribution >= 4 is 56.5 Å². The van der Waals surface area contributed by atoms with Crippen LogP contribution in [-0.2, 0) is 16.1 Å². The maximum atomic E-state index is 12.6. The number of aryl methyl sites for hydroxylation is 1. The molecule has 1 aromatic carbocycles. The summed E-state index contributed by atoms with van der Waals surface area (Å²) in [5, 5.41) is 3.45. The molecule has 1 atom stereocenters. The van der Waals surface area contributed by atoms with E-state index in [0.29, 0.717) is 67.2 Å². The maximum Gasteiger partial charge on any atom is 0.244 e. The number of fused-ring (bicyclic) bond motifs is 2. The summed E-state index contributed by atoms with van der Waals surface area (Å²) in [6.45, 7) is 6.26. The van der Waals surface area contributed by atoms with Gasteiger partial charge in [-0.05, 0) is 60.2 Å². The molecule has 2 aliphatic rings. The number of halogens is 1. The summed E-state index contributed by atoms with van der Waals surface area (Å²) in [6, 6.07) is 3.36. The highest BCUT2D eigenvalue weighted by atomic mass is 79.9. The van der Waals surface area contributed by atoms with E-state index in [-0.39, 0.29) is 11.8 Å². The molecule has 202 valence electrons. The molecular formula is C25H30BrN7O4S. The van der Waals surface area contributed by atoms with Crippen molar-refractivity contribution in [2.45, 2.75) is 55.7 Å². The predicted molar refractivity (Wildman–Crippen MR) is 146 cm³/mol. The maximum absolute atomic E-state index is 12.6. The number of nitrogen functional groups attached to an aromatic ring is 1. The summed E-state index contributed by atoms with van der Waals surface area (Å²) in [5.74, 6) is 1.98. The lowest BCUT2D eigenvalue weighted by molar-refractivity contribution is -0.136. The Balaban J connectivity index is 1.30. The number of aromatic nitrogens is 4. The first kappa shape index (κ1) is 26.5. The van der Waals surface area contributed by atoms with Gasteiger partial charge in [-0.3, -0.25) is 9.59 Å². The molecule has 1 fully saturated rings. The third-order valence-electron chi connectivity index (χ3n) is 6.80. The third-order valence-corrected chi connectivity index (χ3v) is 8.77. The number of piperidine rings is 1. The first-order valence-corrected chi connectivity index (χ1v) is 14.2. The van der Waals surface area contributed by atoms with E-state index in [1.165, 1.54) is 25.0 Å². The number of hydrogen-bond donors (Lipinski definition) is 2. The van der Waals surface area contributed by atoms with Crippen LogP contribution in [0.15, 0.2) is 33.0 Å². The van der Waals surface area contributed by atoms with Gasteiger partial charge in [-0.25, -0.2) is 15.0 Å². The van der Waals surface area contributed by atoms with Crippen molar-refractivity contribution in [3.05, 3.63) is 22.9 Å². The Bertz CT molecular complexity index is 1360. The highest BCUT2D eigenvalue weighted by Crippen LogP contribution is 2.42. The van der Waals surface area contributed by atoms with Crippen molar-refractivity contribution in [2.24, 2.45) is 5.92 Å². The minimum absolute atomic E-state index is 0.0323. The summed E-state index contributed by atoms with van der Waals surface area (Å²) < 4.78 is 14.4. The number of amides is 2. The lowest BCUT2D eigenvalue weighted by atomic mass is 9.93. The molecule has 11 nitrogen and oxygen atoms in total. The summed E-state index contributed by atoms with van der Waals surface area (Å²) in [4.78, 5) is 40.2. The first-order chi connectivity index (χ1) is 18.3. The molecule has 0 unspecified atom stereocenters. The van der Waals surface area contributed by atoms with Crippen LogP contribution in [0.2, 0.25) is 0 Å². The number of ether oxygens (including phenoxy) is 2. The number of carbonyl (C=O) groups is 2. The number of likely N-dealkylation sites (tertiary alicyclic amines) is 1. The molecule has 3 N–H and O–H groups in total. The Morgan fingerprint density at radius 1 is 1.21 bits per heavy atom. The van der Waals surface area contributed by atoms with E-state index < -0.39 is 6.04 Å². The number of nitrogens with two attached hydrogens (primary N) is 1. The van der Waals surface area contributed by atoms with E-state index in [9.17, 15) is 9.59 Å². The lowest BCUT2D eigenvalue weighted by Gasteiger charge is -2.33. The van der Waals surface area contributed by atoms with Gasteiger partial charge in [0.1, 0.15) is 25.6 Å². The first-order valence-electron chi connectivity index (χ1n) is 12.6. The van der Waals surface area contributed by atoms with Crippen LogP contribution in [0, 0.1) is 5.92 Å². The van der Waals surface area contributed by atoms with E-state index >= 15 is 0 Å². The molecule has 38 heavy (non-hydrogen) atoms. The van der Waals surface area contributed by atoms with Crippen LogP contribution >= 0.6 is 27.7 Å². The molecule has 0 radical (unpaired) electrons. The molecule has 2 amide bonds. The van der Waals surface area contributed by atoms with Gasteiger partial charge in [0.05, 0.1) is 0 Å². The Hall–Kier alpha value is -3.06. The lowest BCUT2D eigenvalue weighted by Crippen LogP contribution is -2.49. The van der Waals surface area contributed by atoms with Crippen LogP contribution in [0.3, 0.4) is 0 Å². The van der Waals surface area contributed by atoms with E-state index in [1.54, 1.807) is 6.92 Å². The number of anilines is 1. The fourth-order valence-electron chi connectivity index (χ4n) is 4.83. The van der Waals surface area contributed by atoms with Crippen LogP contribution in [0.1, 0.15) is 33.1 Å². The second-order valence-corrected chi connectivity index (χ2v) is 11.3. The molecule has 3 aromatic rings. The van der Waals surface area contributed by atoms with Crippen LogP contribution in [0.4, 0.5) is 5.82 Å². The Morgan fingerprint density at radius 3 is 2.63 bits per heavy atom. The monoisotopic (exact) mass is 603 g/mol. The zero-order chi connectivity index (χ0) is 26.8. The van der Waals surface area contributed by atoms with E-state index in [0.717, 1.165) is 33.8 Å². The quantitative estimate of drug-likeness (QED) is 0.416. The molecule has 1 saturated heterocycles. The minimum atomic E-state index is -0.508. The fourth-order valence-corrected chi connectivity index (χ4v) is 6.34. The van der Waals surface area contributed by atoms with Gasteiger partial charge >= 0.3 is 0 Å². The highest BCUT2D eigenvalue weighted by Gasteiger charge is 2.27. The van der Waals surface area contributed by atoms with Crippen LogP contribution in [0.5, 0.6) is 11.5 Å². The number of imidazole rings is 1. The van der Waals surface area contributed by atoms with Gasteiger partial charge in [-0.1, -0.05) is 11.8 Å². The molecule has 2 aromatic heterocycles. The fraction of sp³-hybridized carbons (Fsp3) is 0.480. The molecule has 4 heterocycles. The van der Waals surface area contributed by atoms with Crippen molar-refractivity contribution in [3.8, 4) is 11.5 Å². The summed E-state index contributed by atoms with van der Waals surface area (Å²) in [5.41, 5.74) is 7.42. The number of hydrogen-bond acceptors (Lipinski definition) is 9. The van der Waals surface area contributed by atoms with Crippen molar-refractivity contribution in [1.82, 2.24) is 29.7 Å². The topological polar surface area (TPSA) is 137 Å². The van der Waals surface area contributed by atoms with Crippen molar-refractivity contribution in [2.75, 3.05) is 32.0 Å². The normalized spacial score (nSPS) is 16.4. The third kappa shape index (κ3) is 5.68. The second kappa shape index (κ2) is 11.4. The summed E-state index contributed by atoms with van der Waals surface area (Å²) in [7, 11) is 0. The molecule has 0 bridgehead atoms. The Morgan fingerprint density at radius 2 is 1.92 bits per heavy atom. The average Bonchev–Trinajstić information content (AvgIpc) is 3.25. The van der Waals surface area contributed by atoms with Gasteiger partial charge in [-0.15, -0.1) is 0 Å². The zero-order valence-electron chi connectivity index (χ0n) is 21.3. The van der Waals surface area contributed by atoms with E-state index in [2.05, 4.69) is 35.8 Å². The van der Waals surface area contributed by atoms with Crippen molar-refractivity contribution in [1.29, 1.82) is 0 Å². The van der Waals surface area contributed by atoms with Gasteiger partial charge in [0.25, 0.3) is 0 Å². The number of nitrogens with zero attached hydrogens (tertiary/aromatic N) is 5. The molecule has 0 aliphatic carbocycles. The Kier molecular flexibility index (Phi) is 7.93. The minimum Gasteiger partial charge on any atom is -0.486 e. The number of carbonyl (C=O) groups excluding carboxylic acids is 2. The molecule has 0 saturated carbocycles. The van der Waals surface area contributed by atoms with Crippen LogP contribution in [-0.4, -0.2) is 68.6 Å². The van der Waals surface area contributed by atoms with Crippen LogP contribution in [0.25, 0.3) is 11.2 Å². The standard InChI is InChI=1S/C25H30BrN7O4S/c1-14(30-15(2)34)24(35)32-6-3-16(4-7-32)5-8-33-23-21(22(27)28-13-29-23)31-25(33)38-20-12-19-18(11-17(20)26)36-9-10-37-19/h11-14,16H,3-10H2,1-2H3,(H,30,34)(H2,27,28,29)/t14-/m0/s1. The van der Waals surface area contributed by atoms with Gasteiger partial charge in [0.2, 0.25) is 11.8 Å². The number of benzene rings is 1. The van der Waals surface area contributed by atoms with Crippen molar-refractivity contribution in [3.63, 3.8) is 0 Å². The highest BCUT2D eigenvalue weighted by molar-refractivity contribution is 9.10. The van der Waals surface area contributed by atoms with Gasteiger partial charge in [0, 0.05) is 35.9 Å². The summed E-state index contributed by atoms with van der Waals surface area (Å²) in [6.07, 6.45) is 4.18. The van der Waals surface area contributed by atoms with Gasteiger partial charge < -0.3 is 30.0 Å². The SMILES string of the molecule is CC(=O)N[C@@H](C)C(=O)N1CCC(CCn2c(Sc3cc4c(cc3Br)OCCO4)nc3c(N)ncnc32)CC1. The average molecular weight is 605 g/mol. The number of nitrogens with one attached hydrogen (secondary N) is 1. The van der Waals surface area contributed by atoms with E-state index in [4.69, 9.17) is 20.2 Å². The van der Waals surface area contributed by atoms with Gasteiger partial charge in [0.15, 0.2) is 33.6 Å². The smallest absolute Gasteiger partial charge is 0.244 e. The van der Waals surface area contributed by atoms with Gasteiger partial charge in [-0.2, -0.15) is 0 Å². The zero-order valence-corrected chi connectivity index (χ0v) is 23.7. The molecular weight excluding hydrogens is 574 g/mol. The molecule has 2 aliphatic heterocycles. The largest absolute Gasteiger partial charge is 0.486 e. The predicted octanol–water partition coefficient (Wildman–Crippen LogP) is 3.25. The molecule has 0 spiro atoms. The Labute approximate surface area is 233 Å². The number of rotatable bonds is 7. The molecule has 5 rings (SSSR count). The molecule has 13 heteroatoms. The second-order valence-electron chi connectivity index (χ2n) is 9.49. The van der Waals surface area contributed by atoms with Crippen LogP contribution < -0.4 is 20.5 Å².